The van der Waals surface area contributed by atoms with Gasteiger partial charge >= 0.3 is 0 Å². The Morgan fingerprint density at radius 2 is 1.89 bits per heavy atom. The normalized spacial score (nSPS) is 16.9. The Balaban J connectivity index is 1.46. The number of anilines is 2. The molecule has 3 heterocycles. The van der Waals surface area contributed by atoms with E-state index in [2.05, 4.69) is 25.2 Å². The molecule has 0 unspecified atom stereocenters. The second-order valence-corrected chi connectivity index (χ2v) is 7.27. The van der Waals surface area contributed by atoms with Crippen LogP contribution in [0.25, 0.3) is 0 Å². The highest BCUT2D eigenvalue weighted by atomic mass is 16.5. The highest BCUT2D eigenvalue weighted by molar-refractivity contribution is 5.91. The number of ether oxygens (including phenoxy) is 1. The van der Waals surface area contributed by atoms with Gasteiger partial charge in [-0.3, -0.25) is 14.2 Å². The predicted octanol–water partition coefficient (Wildman–Crippen LogP) is 1.00. The van der Waals surface area contributed by atoms with Gasteiger partial charge in [-0.1, -0.05) is 0 Å². The molecule has 1 N–H and O–H groups in total. The van der Waals surface area contributed by atoms with E-state index in [0.29, 0.717) is 42.2 Å². The molecule has 28 heavy (non-hydrogen) atoms. The Labute approximate surface area is 162 Å². The largest absolute Gasteiger partial charge is 0.378 e. The summed E-state index contributed by atoms with van der Waals surface area (Å²) in [4.78, 5) is 40.1. The monoisotopic (exact) mass is 384 g/mol. The van der Waals surface area contributed by atoms with Crippen LogP contribution in [0.4, 0.5) is 11.6 Å². The zero-order valence-corrected chi connectivity index (χ0v) is 16.1. The highest BCUT2D eigenvalue weighted by Gasteiger charge is 2.25. The van der Waals surface area contributed by atoms with Gasteiger partial charge in [-0.25, -0.2) is 15.0 Å². The molecule has 0 radical (unpaired) electrons. The number of morpholine rings is 1. The Bertz CT molecular complexity index is 924. The smallest absolute Gasteiger partial charge is 0.254 e. The first kappa shape index (κ1) is 18.5. The topological polar surface area (TPSA) is 102 Å². The summed E-state index contributed by atoms with van der Waals surface area (Å²) in [6.45, 7) is 6.39. The molecule has 2 aliphatic rings. The van der Waals surface area contributed by atoms with E-state index in [4.69, 9.17) is 4.74 Å². The molecule has 0 aromatic carbocycles. The zero-order chi connectivity index (χ0) is 19.7. The van der Waals surface area contributed by atoms with E-state index in [1.807, 2.05) is 13.8 Å². The summed E-state index contributed by atoms with van der Waals surface area (Å²) in [6, 6.07) is 1.53. The molecule has 9 nitrogen and oxygen atoms in total. The van der Waals surface area contributed by atoms with Crippen molar-refractivity contribution >= 4 is 17.5 Å². The third kappa shape index (κ3) is 4.04. The van der Waals surface area contributed by atoms with Gasteiger partial charge in [0.15, 0.2) is 0 Å². The van der Waals surface area contributed by atoms with Crippen LogP contribution >= 0.6 is 0 Å². The molecule has 9 heteroatoms. The molecule has 1 saturated carbocycles. The summed E-state index contributed by atoms with van der Waals surface area (Å²) in [5, 5.41) is 2.84. The molecule has 1 saturated heterocycles. The van der Waals surface area contributed by atoms with Gasteiger partial charge in [-0.2, -0.15) is 0 Å². The number of hydrogen-bond donors (Lipinski definition) is 1. The summed E-state index contributed by atoms with van der Waals surface area (Å²) in [7, 11) is 0. The molecule has 0 spiro atoms. The lowest BCUT2D eigenvalue weighted by atomic mass is 10.2. The minimum Gasteiger partial charge on any atom is -0.378 e. The number of carbonyl (C=O) groups is 1. The fourth-order valence-corrected chi connectivity index (χ4v) is 3.28. The fraction of sp³-hybridized carbons (Fsp3) is 0.526. The van der Waals surface area contributed by atoms with E-state index in [9.17, 15) is 9.59 Å². The van der Waals surface area contributed by atoms with Crippen LogP contribution < -0.4 is 15.8 Å². The number of rotatable bonds is 5. The van der Waals surface area contributed by atoms with Gasteiger partial charge in [0, 0.05) is 25.1 Å². The van der Waals surface area contributed by atoms with Gasteiger partial charge in [0.05, 0.1) is 42.3 Å². The van der Waals surface area contributed by atoms with E-state index in [0.717, 1.165) is 31.6 Å². The lowest BCUT2D eigenvalue weighted by molar-refractivity contribution is -0.116. The minimum absolute atomic E-state index is 0.0964. The fourth-order valence-electron chi connectivity index (χ4n) is 3.28. The van der Waals surface area contributed by atoms with Crippen LogP contribution in [0.5, 0.6) is 0 Å². The molecule has 1 amide bonds. The van der Waals surface area contributed by atoms with E-state index in [-0.39, 0.29) is 18.0 Å². The van der Waals surface area contributed by atoms with E-state index >= 15 is 0 Å². The molecular weight excluding hydrogens is 360 g/mol. The Morgan fingerprint density at radius 3 is 2.50 bits per heavy atom. The van der Waals surface area contributed by atoms with Gasteiger partial charge in [0.2, 0.25) is 11.9 Å². The van der Waals surface area contributed by atoms with Crippen molar-refractivity contribution in [2.75, 3.05) is 36.5 Å². The van der Waals surface area contributed by atoms with Crippen molar-refractivity contribution in [2.24, 2.45) is 0 Å². The molecule has 1 aliphatic carbocycles. The number of nitrogens with one attached hydrogen (secondary N) is 1. The van der Waals surface area contributed by atoms with Crippen LogP contribution in [0, 0.1) is 13.8 Å². The number of aryl methyl sites for hydroxylation is 2. The van der Waals surface area contributed by atoms with Gasteiger partial charge in [0.1, 0.15) is 6.54 Å². The van der Waals surface area contributed by atoms with Gasteiger partial charge in [-0.05, 0) is 26.7 Å². The van der Waals surface area contributed by atoms with Crippen LogP contribution in [-0.2, 0) is 16.1 Å². The van der Waals surface area contributed by atoms with Crippen LogP contribution in [0.15, 0.2) is 17.2 Å². The van der Waals surface area contributed by atoms with E-state index in [1.165, 1.54) is 17.0 Å². The van der Waals surface area contributed by atoms with Gasteiger partial charge < -0.3 is 15.0 Å². The lowest BCUT2D eigenvalue weighted by Crippen LogP contribution is -2.37. The van der Waals surface area contributed by atoms with Crippen LogP contribution in [0.2, 0.25) is 0 Å². The molecule has 2 aromatic rings. The first-order valence-electron chi connectivity index (χ1n) is 9.55. The maximum absolute atomic E-state index is 12.5. The Morgan fingerprint density at radius 1 is 1.21 bits per heavy atom. The summed E-state index contributed by atoms with van der Waals surface area (Å²) >= 11 is 0. The maximum atomic E-state index is 12.5. The molecule has 0 bridgehead atoms. The van der Waals surface area contributed by atoms with E-state index in [1.54, 1.807) is 0 Å². The third-order valence-corrected chi connectivity index (χ3v) is 5.03. The second-order valence-electron chi connectivity index (χ2n) is 7.27. The van der Waals surface area contributed by atoms with Gasteiger partial charge in [-0.15, -0.1) is 0 Å². The predicted molar refractivity (Wildman–Crippen MR) is 104 cm³/mol. The summed E-state index contributed by atoms with van der Waals surface area (Å²) < 4.78 is 6.68. The van der Waals surface area contributed by atoms with E-state index < -0.39 is 0 Å². The molecule has 1 aliphatic heterocycles. The minimum atomic E-state index is -0.308. The van der Waals surface area contributed by atoms with Crippen molar-refractivity contribution in [2.45, 2.75) is 39.2 Å². The molecule has 148 valence electrons. The highest BCUT2D eigenvalue weighted by Crippen LogP contribution is 2.38. The van der Waals surface area contributed by atoms with Crippen molar-refractivity contribution in [1.29, 1.82) is 0 Å². The van der Waals surface area contributed by atoms with Crippen molar-refractivity contribution in [3.63, 3.8) is 0 Å². The molecule has 0 atom stereocenters. The standard InChI is InChI=1S/C19H24N6O3/c1-12-18(13(2)22-19(21-12)24-5-7-28-8-6-24)23-16(26)10-25-11-20-15(9-17(25)27)14-3-4-14/h9,11,14H,3-8,10H2,1-2H3,(H,23,26). The van der Waals surface area contributed by atoms with Crippen molar-refractivity contribution in [3.8, 4) is 0 Å². The summed E-state index contributed by atoms with van der Waals surface area (Å²) in [5.41, 5.74) is 2.58. The van der Waals surface area contributed by atoms with Gasteiger partial charge in [0.25, 0.3) is 5.56 Å². The third-order valence-electron chi connectivity index (χ3n) is 5.03. The second kappa shape index (κ2) is 7.67. The Hall–Kier alpha value is -2.81. The number of hydrogen-bond acceptors (Lipinski definition) is 7. The number of carbonyl (C=O) groups excluding carboxylic acids is 1. The SMILES string of the molecule is Cc1nc(N2CCOCC2)nc(C)c1NC(=O)Cn1cnc(C2CC2)cc1=O. The molecule has 2 aromatic heterocycles. The average Bonchev–Trinajstić information content (AvgIpc) is 3.52. The maximum Gasteiger partial charge on any atom is 0.254 e. The number of amides is 1. The number of nitrogens with zero attached hydrogens (tertiary/aromatic N) is 5. The first-order valence-corrected chi connectivity index (χ1v) is 9.55. The molecule has 4 rings (SSSR count). The quantitative estimate of drug-likeness (QED) is 0.820. The zero-order valence-electron chi connectivity index (χ0n) is 16.1. The summed E-state index contributed by atoms with van der Waals surface area (Å²) in [6.07, 6.45) is 3.61. The lowest BCUT2D eigenvalue weighted by Gasteiger charge is -2.27. The van der Waals surface area contributed by atoms with Crippen molar-refractivity contribution in [3.05, 3.63) is 39.8 Å². The summed E-state index contributed by atoms with van der Waals surface area (Å²) in [5.74, 6) is 0.744. The van der Waals surface area contributed by atoms with Crippen molar-refractivity contribution < 1.29 is 9.53 Å². The Kier molecular flexibility index (Phi) is 5.08. The molecule has 2 fully saturated rings. The van der Waals surface area contributed by atoms with Crippen LogP contribution in [-0.4, -0.2) is 51.7 Å². The molecular formula is C19H24N6O3. The van der Waals surface area contributed by atoms with Crippen molar-refractivity contribution in [1.82, 2.24) is 19.5 Å². The average molecular weight is 384 g/mol. The van der Waals surface area contributed by atoms with Crippen LogP contribution in [0.3, 0.4) is 0 Å². The number of aromatic nitrogens is 4. The van der Waals surface area contributed by atoms with Crippen LogP contribution in [0.1, 0.15) is 35.8 Å². The first-order chi connectivity index (χ1) is 13.5.